The molecule has 0 amide bonds. The smallest absolute Gasteiger partial charge is 0.188 e. The maximum Gasteiger partial charge on any atom is 0.188 e. The minimum absolute atomic E-state index is 0.176. The van der Waals surface area contributed by atoms with E-state index in [1.54, 1.807) is 0 Å². The Hall–Kier alpha value is -1.75. The number of nitrogens with zero attached hydrogens (tertiary/aromatic N) is 2. The highest BCUT2D eigenvalue weighted by Crippen LogP contribution is 2.08. The van der Waals surface area contributed by atoms with Crippen molar-refractivity contribution in [3.63, 3.8) is 0 Å². The van der Waals surface area contributed by atoms with Crippen LogP contribution in [-0.4, -0.2) is 55.1 Å². The molecule has 1 aromatic rings. The molecule has 1 aromatic carbocycles. The van der Waals surface area contributed by atoms with Gasteiger partial charge < -0.3 is 15.4 Å². The first-order valence-corrected chi connectivity index (χ1v) is 6.25. The summed E-state index contributed by atoms with van der Waals surface area (Å²) in [6, 6.07) is 9.86. The third kappa shape index (κ3) is 3.63. The van der Waals surface area contributed by atoms with Crippen molar-refractivity contribution >= 4 is 5.96 Å². The summed E-state index contributed by atoms with van der Waals surface area (Å²) in [5.41, 5.74) is 5.45. The summed E-state index contributed by atoms with van der Waals surface area (Å²) in [5, 5.41) is 7.37. The van der Waals surface area contributed by atoms with Crippen LogP contribution >= 0.6 is 0 Å². The maximum absolute atomic E-state index is 7.37. The normalized spacial score (nSPS) is 16.6. The summed E-state index contributed by atoms with van der Waals surface area (Å²) in [5.74, 6) is 1.09. The molecule has 1 heterocycles. The average Bonchev–Trinajstić information content (AvgIpc) is 2.40. The number of hydrogen-bond donors (Lipinski definition) is 2. The van der Waals surface area contributed by atoms with E-state index in [-0.39, 0.29) is 5.96 Å². The van der Waals surface area contributed by atoms with E-state index in [9.17, 15) is 0 Å². The van der Waals surface area contributed by atoms with Gasteiger partial charge in [0.15, 0.2) is 5.96 Å². The lowest BCUT2D eigenvalue weighted by atomic mass is 10.3. The Morgan fingerprint density at radius 1 is 1.17 bits per heavy atom. The molecule has 3 N–H and O–H groups in total. The second-order valence-corrected chi connectivity index (χ2v) is 4.38. The Labute approximate surface area is 108 Å². The van der Waals surface area contributed by atoms with E-state index in [1.165, 1.54) is 0 Å². The van der Waals surface area contributed by atoms with Gasteiger partial charge in [0, 0.05) is 32.7 Å². The monoisotopic (exact) mass is 248 g/mol. The zero-order valence-corrected chi connectivity index (χ0v) is 10.5. The van der Waals surface area contributed by atoms with Crippen molar-refractivity contribution in [2.45, 2.75) is 0 Å². The topological polar surface area (TPSA) is 65.6 Å². The highest BCUT2D eigenvalue weighted by atomic mass is 16.5. The molecule has 2 rings (SSSR count). The van der Waals surface area contributed by atoms with Gasteiger partial charge in [-0.1, -0.05) is 18.2 Å². The van der Waals surface area contributed by atoms with Crippen molar-refractivity contribution < 1.29 is 4.74 Å². The van der Waals surface area contributed by atoms with Crippen molar-refractivity contribution in [1.29, 1.82) is 5.41 Å². The third-order valence-corrected chi connectivity index (χ3v) is 3.13. The number of hydrogen-bond acceptors (Lipinski definition) is 3. The zero-order chi connectivity index (χ0) is 12.8. The van der Waals surface area contributed by atoms with Gasteiger partial charge >= 0.3 is 0 Å². The Bertz CT molecular complexity index is 374. The summed E-state index contributed by atoms with van der Waals surface area (Å²) in [6.45, 7) is 5.17. The molecule has 5 nitrogen and oxygen atoms in total. The van der Waals surface area contributed by atoms with Gasteiger partial charge in [-0.15, -0.1) is 0 Å². The first kappa shape index (κ1) is 12.7. The van der Waals surface area contributed by atoms with Crippen molar-refractivity contribution in [3.05, 3.63) is 30.3 Å². The van der Waals surface area contributed by atoms with Gasteiger partial charge in [0.2, 0.25) is 0 Å². The van der Waals surface area contributed by atoms with Crippen molar-refractivity contribution in [2.75, 3.05) is 39.3 Å². The van der Waals surface area contributed by atoms with Crippen LogP contribution in [0, 0.1) is 5.41 Å². The van der Waals surface area contributed by atoms with Crippen molar-refractivity contribution in [2.24, 2.45) is 5.73 Å². The van der Waals surface area contributed by atoms with E-state index in [2.05, 4.69) is 4.90 Å². The summed E-state index contributed by atoms with van der Waals surface area (Å²) < 4.78 is 5.66. The largest absolute Gasteiger partial charge is 0.492 e. The maximum atomic E-state index is 7.37. The number of nitrogens with two attached hydrogens (primary N) is 1. The fourth-order valence-corrected chi connectivity index (χ4v) is 2.02. The van der Waals surface area contributed by atoms with Gasteiger partial charge in [0.25, 0.3) is 0 Å². The molecule has 0 atom stereocenters. The Morgan fingerprint density at radius 3 is 2.44 bits per heavy atom. The molecule has 0 unspecified atom stereocenters. The third-order valence-electron chi connectivity index (χ3n) is 3.13. The minimum atomic E-state index is 0.176. The number of nitrogens with one attached hydrogen (secondary N) is 1. The van der Waals surface area contributed by atoms with Crippen LogP contribution in [0.5, 0.6) is 5.75 Å². The number of ether oxygens (including phenoxy) is 1. The molecule has 1 aliphatic heterocycles. The first-order valence-electron chi connectivity index (χ1n) is 6.25. The molecular formula is C13H20N4O. The molecule has 0 aliphatic carbocycles. The van der Waals surface area contributed by atoms with E-state index in [0.717, 1.165) is 38.5 Å². The number of rotatable bonds is 4. The number of benzene rings is 1. The van der Waals surface area contributed by atoms with Gasteiger partial charge in [-0.2, -0.15) is 0 Å². The lowest BCUT2D eigenvalue weighted by molar-refractivity contribution is 0.153. The van der Waals surface area contributed by atoms with E-state index < -0.39 is 0 Å². The zero-order valence-electron chi connectivity index (χ0n) is 10.5. The molecule has 98 valence electrons. The van der Waals surface area contributed by atoms with Crippen molar-refractivity contribution in [3.8, 4) is 5.75 Å². The van der Waals surface area contributed by atoms with E-state index in [0.29, 0.717) is 6.61 Å². The van der Waals surface area contributed by atoms with E-state index in [1.807, 2.05) is 35.2 Å². The molecule has 0 saturated carbocycles. The fraction of sp³-hybridized carbons (Fsp3) is 0.462. The minimum Gasteiger partial charge on any atom is -0.492 e. The average molecular weight is 248 g/mol. The predicted molar refractivity (Wildman–Crippen MR) is 71.9 cm³/mol. The molecule has 18 heavy (non-hydrogen) atoms. The molecular weight excluding hydrogens is 228 g/mol. The van der Waals surface area contributed by atoms with Crippen molar-refractivity contribution in [1.82, 2.24) is 9.80 Å². The summed E-state index contributed by atoms with van der Waals surface area (Å²) in [7, 11) is 0. The molecule has 1 saturated heterocycles. The number of piperazine rings is 1. The fourth-order valence-electron chi connectivity index (χ4n) is 2.02. The van der Waals surface area contributed by atoms with Gasteiger partial charge in [-0.3, -0.25) is 10.3 Å². The molecule has 0 radical (unpaired) electrons. The molecule has 0 aromatic heterocycles. The Balaban J connectivity index is 1.65. The summed E-state index contributed by atoms with van der Waals surface area (Å²) in [6.07, 6.45) is 0. The number of para-hydroxylation sites is 1. The van der Waals surface area contributed by atoms with Crippen LogP contribution in [0.2, 0.25) is 0 Å². The quantitative estimate of drug-likeness (QED) is 0.604. The second kappa shape index (κ2) is 6.26. The first-order chi connectivity index (χ1) is 8.75. The highest BCUT2D eigenvalue weighted by molar-refractivity contribution is 5.74. The van der Waals surface area contributed by atoms with Crippen LogP contribution < -0.4 is 10.5 Å². The predicted octanol–water partition coefficient (Wildman–Crippen LogP) is 0.576. The number of guanidine groups is 1. The molecule has 0 spiro atoms. The van der Waals surface area contributed by atoms with Gasteiger partial charge in [-0.25, -0.2) is 0 Å². The molecule has 1 aliphatic rings. The Morgan fingerprint density at radius 2 is 1.83 bits per heavy atom. The van der Waals surface area contributed by atoms with Crippen LogP contribution in [0.15, 0.2) is 30.3 Å². The van der Waals surface area contributed by atoms with E-state index >= 15 is 0 Å². The van der Waals surface area contributed by atoms with Gasteiger partial charge in [0.05, 0.1) is 0 Å². The van der Waals surface area contributed by atoms with Gasteiger partial charge in [-0.05, 0) is 12.1 Å². The van der Waals surface area contributed by atoms with Crippen LogP contribution in [0.1, 0.15) is 0 Å². The highest BCUT2D eigenvalue weighted by Gasteiger charge is 2.16. The van der Waals surface area contributed by atoms with Crippen LogP contribution in [0.25, 0.3) is 0 Å². The van der Waals surface area contributed by atoms with Crippen LogP contribution in [0.3, 0.4) is 0 Å². The Kier molecular flexibility index (Phi) is 4.41. The van der Waals surface area contributed by atoms with Gasteiger partial charge in [0.1, 0.15) is 12.4 Å². The molecule has 0 bridgehead atoms. The van der Waals surface area contributed by atoms with E-state index in [4.69, 9.17) is 15.9 Å². The lowest BCUT2D eigenvalue weighted by Gasteiger charge is -2.34. The molecule has 1 fully saturated rings. The van der Waals surface area contributed by atoms with Crippen LogP contribution in [0.4, 0.5) is 0 Å². The lowest BCUT2D eigenvalue weighted by Crippen LogP contribution is -2.51. The SMILES string of the molecule is N=C(N)N1CCN(CCOc2ccccc2)CC1. The standard InChI is InChI=1S/C13H20N4O/c14-13(15)17-8-6-16(7-9-17)10-11-18-12-4-2-1-3-5-12/h1-5H,6-11H2,(H3,14,15). The second-order valence-electron chi connectivity index (χ2n) is 4.38. The molecule has 5 heteroatoms. The summed E-state index contributed by atoms with van der Waals surface area (Å²) >= 11 is 0. The summed E-state index contributed by atoms with van der Waals surface area (Å²) in [4.78, 5) is 4.23. The van der Waals surface area contributed by atoms with Crippen LogP contribution in [-0.2, 0) is 0 Å².